The number of nitrogens with zero attached hydrogens (tertiary/aromatic N) is 3. The second-order valence-electron chi connectivity index (χ2n) is 5.93. The minimum Gasteiger partial charge on any atom is -0.339 e. The molecule has 2 atom stereocenters. The van der Waals surface area contributed by atoms with E-state index in [9.17, 15) is 0 Å². The van der Waals surface area contributed by atoms with Crippen LogP contribution in [0.2, 0.25) is 0 Å². The SMILES string of the molecule is Cl.c1cc(-c2noc(CC3CC4CCC(C3)N4)n2)ccn1. The topological polar surface area (TPSA) is 63.8 Å². The maximum atomic E-state index is 5.41. The van der Waals surface area contributed by atoms with Crippen LogP contribution >= 0.6 is 12.4 Å². The van der Waals surface area contributed by atoms with E-state index in [1.165, 1.54) is 25.7 Å². The summed E-state index contributed by atoms with van der Waals surface area (Å²) in [5, 5.41) is 7.74. The number of hydrogen-bond acceptors (Lipinski definition) is 5. The van der Waals surface area contributed by atoms with E-state index >= 15 is 0 Å². The molecule has 2 saturated heterocycles. The van der Waals surface area contributed by atoms with E-state index in [1.807, 2.05) is 12.1 Å². The molecule has 0 amide bonds. The Morgan fingerprint density at radius 1 is 1.14 bits per heavy atom. The predicted octanol–water partition coefficient (Wildman–Crippen LogP) is 2.63. The molecule has 4 rings (SSSR count). The lowest BCUT2D eigenvalue weighted by Crippen LogP contribution is -2.38. The van der Waals surface area contributed by atoms with Crippen molar-refractivity contribution in [3.05, 3.63) is 30.4 Å². The van der Waals surface area contributed by atoms with Crippen LogP contribution in [0.1, 0.15) is 31.6 Å². The molecule has 2 aromatic rings. The van der Waals surface area contributed by atoms with Crippen molar-refractivity contribution in [3.8, 4) is 11.4 Å². The van der Waals surface area contributed by atoms with Crippen LogP contribution in [0.3, 0.4) is 0 Å². The number of halogens is 1. The zero-order valence-electron chi connectivity index (χ0n) is 11.7. The van der Waals surface area contributed by atoms with Gasteiger partial charge in [0.2, 0.25) is 11.7 Å². The van der Waals surface area contributed by atoms with Crippen molar-refractivity contribution in [2.45, 2.75) is 44.2 Å². The van der Waals surface area contributed by atoms with Crippen LogP contribution < -0.4 is 5.32 Å². The molecule has 2 aliphatic rings. The molecule has 0 aromatic carbocycles. The largest absolute Gasteiger partial charge is 0.339 e. The molecule has 1 N–H and O–H groups in total. The molecule has 112 valence electrons. The summed E-state index contributed by atoms with van der Waals surface area (Å²) in [7, 11) is 0. The van der Waals surface area contributed by atoms with Gasteiger partial charge in [-0.05, 0) is 43.7 Å². The molecule has 0 spiro atoms. The summed E-state index contributed by atoms with van der Waals surface area (Å²) >= 11 is 0. The highest BCUT2D eigenvalue weighted by atomic mass is 35.5. The highest BCUT2D eigenvalue weighted by Crippen LogP contribution is 2.32. The quantitative estimate of drug-likeness (QED) is 0.944. The lowest BCUT2D eigenvalue weighted by atomic mass is 9.90. The normalized spacial score (nSPS) is 27.3. The van der Waals surface area contributed by atoms with Crippen LogP contribution in [0.25, 0.3) is 11.4 Å². The summed E-state index contributed by atoms with van der Waals surface area (Å²) < 4.78 is 5.41. The first kappa shape index (κ1) is 14.5. The Bertz CT molecular complexity index is 576. The van der Waals surface area contributed by atoms with Crippen molar-refractivity contribution >= 4 is 12.4 Å². The first-order valence-corrected chi connectivity index (χ1v) is 7.36. The van der Waals surface area contributed by atoms with Gasteiger partial charge in [0.1, 0.15) is 0 Å². The van der Waals surface area contributed by atoms with Crippen molar-refractivity contribution in [3.63, 3.8) is 0 Å². The summed E-state index contributed by atoms with van der Waals surface area (Å²) in [6.07, 6.45) is 9.53. The van der Waals surface area contributed by atoms with Crippen LogP contribution in [-0.4, -0.2) is 27.2 Å². The van der Waals surface area contributed by atoms with Gasteiger partial charge in [-0.1, -0.05) is 5.16 Å². The summed E-state index contributed by atoms with van der Waals surface area (Å²) in [5.41, 5.74) is 0.959. The van der Waals surface area contributed by atoms with Crippen LogP contribution in [0.15, 0.2) is 29.0 Å². The number of aromatic nitrogens is 3. The Hall–Kier alpha value is -1.46. The van der Waals surface area contributed by atoms with E-state index < -0.39 is 0 Å². The van der Waals surface area contributed by atoms with E-state index in [0.29, 0.717) is 23.8 Å². The van der Waals surface area contributed by atoms with Gasteiger partial charge in [-0.15, -0.1) is 12.4 Å². The molecule has 0 saturated carbocycles. The number of fused-ring (bicyclic) bond motifs is 2. The van der Waals surface area contributed by atoms with Crippen molar-refractivity contribution in [2.75, 3.05) is 0 Å². The number of rotatable bonds is 3. The molecule has 0 aliphatic carbocycles. The van der Waals surface area contributed by atoms with Crippen molar-refractivity contribution < 1.29 is 4.52 Å². The second-order valence-corrected chi connectivity index (χ2v) is 5.93. The molecule has 21 heavy (non-hydrogen) atoms. The maximum Gasteiger partial charge on any atom is 0.227 e. The fraction of sp³-hybridized carbons (Fsp3) is 0.533. The highest BCUT2D eigenvalue weighted by Gasteiger charge is 2.34. The van der Waals surface area contributed by atoms with Gasteiger partial charge in [0.05, 0.1) is 0 Å². The Labute approximate surface area is 130 Å². The van der Waals surface area contributed by atoms with Gasteiger partial charge in [0, 0.05) is 36.5 Å². The third-order valence-electron chi connectivity index (χ3n) is 4.44. The maximum absolute atomic E-state index is 5.41. The Morgan fingerprint density at radius 2 is 1.86 bits per heavy atom. The standard InChI is InChI=1S/C15H18N4O.ClH/c1-2-13-8-10(7-12(1)17-13)9-14-18-15(19-20-14)11-3-5-16-6-4-11;/h3-6,10,12-13,17H,1-2,7-9H2;1H. The van der Waals surface area contributed by atoms with E-state index in [4.69, 9.17) is 4.52 Å². The Balaban J connectivity index is 0.00000132. The molecule has 2 unspecified atom stereocenters. The Kier molecular flexibility index (Phi) is 4.22. The average Bonchev–Trinajstić information content (AvgIpc) is 3.07. The number of pyridine rings is 1. The van der Waals surface area contributed by atoms with Gasteiger partial charge in [0.25, 0.3) is 0 Å². The first-order chi connectivity index (χ1) is 9.87. The number of nitrogens with one attached hydrogen (secondary N) is 1. The molecule has 2 bridgehead atoms. The van der Waals surface area contributed by atoms with Crippen LogP contribution in [0.5, 0.6) is 0 Å². The molecule has 2 fully saturated rings. The molecule has 2 aromatic heterocycles. The number of hydrogen-bond donors (Lipinski definition) is 1. The fourth-order valence-corrected chi connectivity index (χ4v) is 3.54. The fourth-order valence-electron chi connectivity index (χ4n) is 3.54. The second kappa shape index (κ2) is 6.12. The van der Waals surface area contributed by atoms with Gasteiger partial charge in [-0.25, -0.2) is 0 Å². The summed E-state index contributed by atoms with van der Waals surface area (Å²) in [5.74, 6) is 2.11. The Morgan fingerprint density at radius 3 is 2.57 bits per heavy atom. The van der Waals surface area contributed by atoms with Crippen molar-refractivity contribution in [2.24, 2.45) is 5.92 Å². The minimum atomic E-state index is 0. The lowest BCUT2D eigenvalue weighted by molar-refractivity contribution is 0.270. The molecule has 5 nitrogen and oxygen atoms in total. The van der Waals surface area contributed by atoms with Gasteiger partial charge >= 0.3 is 0 Å². The van der Waals surface area contributed by atoms with E-state index in [1.54, 1.807) is 12.4 Å². The highest BCUT2D eigenvalue weighted by molar-refractivity contribution is 5.85. The third kappa shape index (κ3) is 3.09. The third-order valence-corrected chi connectivity index (χ3v) is 4.44. The summed E-state index contributed by atoms with van der Waals surface area (Å²) in [4.78, 5) is 8.52. The molecule has 2 aliphatic heterocycles. The van der Waals surface area contributed by atoms with Crippen molar-refractivity contribution in [1.29, 1.82) is 0 Å². The molecular formula is C15H19ClN4O. The van der Waals surface area contributed by atoms with Crippen LogP contribution in [0.4, 0.5) is 0 Å². The average molecular weight is 307 g/mol. The zero-order chi connectivity index (χ0) is 13.4. The predicted molar refractivity (Wildman–Crippen MR) is 81.2 cm³/mol. The van der Waals surface area contributed by atoms with Crippen LogP contribution in [-0.2, 0) is 6.42 Å². The smallest absolute Gasteiger partial charge is 0.227 e. The molecule has 6 heteroatoms. The molecular weight excluding hydrogens is 288 g/mol. The first-order valence-electron chi connectivity index (χ1n) is 7.36. The summed E-state index contributed by atoms with van der Waals surface area (Å²) in [6, 6.07) is 5.22. The van der Waals surface area contributed by atoms with Crippen LogP contribution in [0, 0.1) is 5.92 Å². The van der Waals surface area contributed by atoms with Gasteiger partial charge < -0.3 is 9.84 Å². The monoisotopic (exact) mass is 306 g/mol. The number of piperidine rings is 1. The summed E-state index contributed by atoms with van der Waals surface area (Å²) in [6.45, 7) is 0. The van der Waals surface area contributed by atoms with E-state index in [-0.39, 0.29) is 12.4 Å². The van der Waals surface area contributed by atoms with E-state index in [2.05, 4.69) is 20.4 Å². The van der Waals surface area contributed by atoms with Gasteiger partial charge in [0.15, 0.2) is 0 Å². The minimum absolute atomic E-state index is 0. The zero-order valence-corrected chi connectivity index (χ0v) is 12.6. The lowest BCUT2D eigenvalue weighted by Gasteiger charge is -2.27. The van der Waals surface area contributed by atoms with E-state index in [0.717, 1.165) is 17.9 Å². The van der Waals surface area contributed by atoms with Crippen molar-refractivity contribution in [1.82, 2.24) is 20.4 Å². The molecule has 0 radical (unpaired) electrons. The van der Waals surface area contributed by atoms with Gasteiger partial charge in [-0.3, -0.25) is 4.98 Å². The molecule has 4 heterocycles. The van der Waals surface area contributed by atoms with Gasteiger partial charge in [-0.2, -0.15) is 4.98 Å².